The third-order valence-electron chi connectivity index (χ3n) is 3.40. The Morgan fingerprint density at radius 1 is 0.952 bits per heavy atom. The van der Waals surface area contributed by atoms with E-state index in [0.717, 1.165) is 11.3 Å². The number of para-hydroxylation sites is 1. The molecule has 1 aliphatic heterocycles. The summed E-state index contributed by atoms with van der Waals surface area (Å²) < 4.78 is 7.06. The SMILES string of the molecule is O=c1ccc2cc3c(=O)n(-c4ccccc4)[nH]c3oc-2c1. The highest BCUT2D eigenvalue weighted by Crippen LogP contribution is 2.24. The van der Waals surface area contributed by atoms with Crippen molar-refractivity contribution >= 4 is 11.1 Å². The number of fused-ring (bicyclic) bond motifs is 2. The Bertz CT molecular complexity index is 1020. The molecule has 1 aromatic heterocycles. The molecule has 0 unspecified atom stereocenters. The van der Waals surface area contributed by atoms with Crippen LogP contribution in [-0.4, -0.2) is 9.78 Å². The maximum absolute atomic E-state index is 12.4. The number of benzene rings is 2. The predicted molar refractivity (Wildman–Crippen MR) is 79.1 cm³/mol. The zero-order chi connectivity index (χ0) is 14.4. The van der Waals surface area contributed by atoms with E-state index in [4.69, 9.17) is 4.42 Å². The topological polar surface area (TPSA) is 68.0 Å². The number of aromatic nitrogens is 2. The first-order chi connectivity index (χ1) is 10.2. The molecule has 0 spiro atoms. The van der Waals surface area contributed by atoms with Crippen LogP contribution in [0.1, 0.15) is 0 Å². The maximum atomic E-state index is 12.4. The number of hydrogen-bond acceptors (Lipinski definition) is 3. The number of nitrogens with zero attached hydrogens (tertiary/aromatic N) is 1. The lowest BCUT2D eigenvalue weighted by molar-refractivity contribution is 0.598. The highest BCUT2D eigenvalue weighted by Gasteiger charge is 2.14. The van der Waals surface area contributed by atoms with Crippen LogP contribution in [0.15, 0.2) is 68.6 Å². The summed E-state index contributed by atoms with van der Waals surface area (Å²) in [5.41, 5.74) is 1.48. The van der Waals surface area contributed by atoms with E-state index < -0.39 is 0 Å². The first-order valence-corrected chi connectivity index (χ1v) is 6.46. The molecule has 0 bridgehead atoms. The van der Waals surface area contributed by atoms with Gasteiger partial charge in [0.1, 0.15) is 11.1 Å². The first-order valence-electron chi connectivity index (χ1n) is 6.46. The Morgan fingerprint density at radius 2 is 1.76 bits per heavy atom. The van der Waals surface area contributed by atoms with Gasteiger partial charge in [0.05, 0.1) is 5.69 Å². The quantitative estimate of drug-likeness (QED) is 0.581. The van der Waals surface area contributed by atoms with Crippen molar-refractivity contribution < 1.29 is 4.42 Å². The molecule has 0 saturated carbocycles. The lowest BCUT2D eigenvalue weighted by atomic mass is 10.1. The molecule has 1 aliphatic carbocycles. The molecule has 0 fully saturated rings. The minimum Gasteiger partial charge on any atom is -0.438 e. The van der Waals surface area contributed by atoms with Gasteiger partial charge >= 0.3 is 0 Å². The lowest BCUT2D eigenvalue weighted by Gasteiger charge is -2.01. The monoisotopic (exact) mass is 278 g/mol. The van der Waals surface area contributed by atoms with Gasteiger partial charge in [-0.05, 0) is 30.3 Å². The Morgan fingerprint density at radius 3 is 2.57 bits per heavy atom. The Balaban J connectivity index is 2.07. The zero-order valence-electron chi connectivity index (χ0n) is 10.9. The van der Waals surface area contributed by atoms with Crippen LogP contribution in [0.3, 0.4) is 0 Å². The van der Waals surface area contributed by atoms with Gasteiger partial charge < -0.3 is 4.42 Å². The summed E-state index contributed by atoms with van der Waals surface area (Å²) in [5, 5.41) is 3.38. The van der Waals surface area contributed by atoms with Gasteiger partial charge in [-0.15, -0.1) is 0 Å². The molecule has 5 nitrogen and oxygen atoms in total. The van der Waals surface area contributed by atoms with E-state index in [1.807, 2.05) is 30.3 Å². The number of hydrogen-bond donors (Lipinski definition) is 1. The van der Waals surface area contributed by atoms with Gasteiger partial charge in [-0.25, -0.2) is 4.68 Å². The molecule has 1 aromatic carbocycles. The maximum Gasteiger partial charge on any atom is 0.282 e. The number of aromatic amines is 1. The van der Waals surface area contributed by atoms with Gasteiger partial charge in [0.15, 0.2) is 5.43 Å². The van der Waals surface area contributed by atoms with Crippen molar-refractivity contribution in [2.45, 2.75) is 0 Å². The summed E-state index contributed by atoms with van der Waals surface area (Å²) in [5.74, 6) is 0.455. The molecule has 2 heterocycles. The minimum atomic E-state index is -0.187. The van der Waals surface area contributed by atoms with E-state index >= 15 is 0 Å². The van der Waals surface area contributed by atoms with E-state index in [2.05, 4.69) is 5.10 Å². The van der Waals surface area contributed by atoms with Crippen molar-refractivity contribution in [2.24, 2.45) is 0 Å². The molecule has 1 N–H and O–H groups in total. The van der Waals surface area contributed by atoms with Crippen molar-refractivity contribution in [2.75, 3.05) is 0 Å². The van der Waals surface area contributed by atoms with Crippen molar-refractivity contribution in [3.63, 3.8) is 0 Å². The van der Waals surface area contributed by atoms with Gasteiger partial charge in [-0.2, -0.15) is 0 Å². The van der Waals surface area contributed by atoms with E-state index in [1.54, 1.807) is 12.1 Å². The summed E-state index contributed by atoms with van der Waals surface area (Å²) in [6, 6.07) is 15.5. The first kappa shape index (κ1) is 11.7. The smallest absolute Gasteiger partial charge is 0.282 e. The molecule has 4 rings (SSSR count). The summed E-state index contributed by atoms with van der Waals surface area (Å²) in [6.45, 7) is 0. The van der Waals surface area contributed by atoms with Crippen LogP contribution >= 0.6 is 0 Å². The van der Waals surface area contributed by atoms with E-state index in [9.17, 15) is 9.59 Å². The standard InChI is InChI=1S/C16H10N2O3/c19-12-7-6-10-8-13-15(21-14(10)9-12)17-18(16(13)20)11-4-2-1-3-5-11/h1-9,17H. The van der Waals surface area contributed by atoms with Crippen molar-refractivity contribution in [1.29, 1.82) is 0 Å². The minimum absolute atomic E-state index is 0.129. The summed E-state index contributed by atoms with van der Waals surface area (Å²) in [7, 11) is 0. The Hall–Kier alpha value is -3.08. The van der Waals surface area contributed by atoms with Crippen LogP contribution in [0.2, 0.25) is 0 Å². The van der Waals surface area contributed by atoms with Crippen LogP contribution in [0.5, 0.6) is 0 Å². The van der Waals surface area contributed by atoms with Gasteiger partial charge in [0, 0.05) is 11.6 Å². The third kappa shape index (κ3) is 1.79. The molecule has 0 atom stereocenters. The molecule has 21 heavy (non-hydrogen) atoms. The van der Waals surface area contributed by atoms with Crippen LogP contribution < -0.4 is 11.0 Å². The van der Waals surface area contributed by atoms with E-state index in [-0.39, 0.29) is 11.0 Å². The lowest BCUT2D eigenvalue weighted by Crippen LogP contribution is -2.13. The molecule has 5 heteroatoms. The summed E-state index contributed by atoms with van der Waals surface area (Å²) in [4.78, 5) is 23.8. The third-order valence-corrected chi connectivity index (χ3v) is 3.40. The van der Waals surface area contributed by atoms with Crippen molar-refractivity contribution in [3.8, 4) is 17.0 Å². The highest BCUT2D eigenvalue weighted by molar-refractivity contribution is 5.79. The fourth-order valence-electron chi connectivity index (χ4n) is 2.38. The van der Waals surface area contributed by atoms with Crippen LogP contribution in [0.4, 0.5) is 0 Å². The molecule has 2 aliphatic rings. The van der Waals surface area contributed by atoms with Gasteiger partial charge in [0.25, 0.3) is 5.56 Å². The Kier molecular flexibility index (Phi) is 2.35. The van der Waals surface area contributed by atoms with Gasteiger partial charge in [-0.1, -0.05) is 18.2 Å². The van der Waals surface area contributed by atoms with Gasteiger partial charge in [-0.3, -0.25) is 14.7 Å². The predicted octanol–water partition coefficient (Wildman–Crippen LogP) is 2.38. The van der Waals surface area contributed by atoms with E-state index in [0.29, 0.717) is 16.9 Å². The molecule has 102 valence electrons. The molecule has 0 radical (unpaired) electrons. The van der Waals surface area contributed by atoms with E-state index in [1.165, 1.54) is 16.8 Å². The van der Waals surface area contributed by atoms with Crippen LogP contribution in [0.25, 0.3) is 28.1 Å². The number of H-pyrrole nitrogens is 1. The number of nitrogens with one attached hydrogen (secondary N) is 1. The zero-order valence-corrected chi connectivity index (χ0v) is 10.9. The van der Waals surface area contributed by atoms with Crippen molar-refractivity contribution in [1.82, 2.24) is 9.78 Å². The highest BCUT2D eigenvalue weighted by atomic mass is 16.3. The molecule has 0 saturated heterocycles. The fourth-order valence-corrected chi connectivity index (χ4v) is 2.38. The molecule has 0 amide bonds. The van der Waals surface area contributed by atoms with Gasteiger partial charge in [0.2, 0.25) is 5.71 Å². The van der Waals surface area contributed by atoms with Crippen molar-refractivity contribution in [3.05, 3.63) is 75.2 Å². The Labute approximate surface area is 118 Å². The molecular formula is C16H10N2O3. The number of rotatable bonds is 1. The normalized spacial score (nSPS) is 11.2. The average Bonchev–Trinajstić information content (AvgIpc) is 2.82. The van der Waals surface area contributed by atoms with Crippen LogP contribution in [0, 0.1) is 0 Å². The summed E-state index contributed by atoms with van der Waals surface area (Å²) in [6.07, 6.45) is 0. The summed E-state index contributed by atoms with van der Waals surface area (Å²) >= 11 is 0. The van der Waals surface area contributed by atoms with Crippen LogP contribution in [-0.2, 0) is 0 Å². The molecule has 2 aromatic rings. The second-order valence-corrected chi connectivity index (χ2v) is 4.78. The second-order valence-electron chi connectivity index (χ2n) is 4.78. The largest absolute Gasteiger partial charge is 0.438 e. The second kappa shape index (κ2) is 4.21. The molecular weight excluding hydrogens is 268 g/mol. The average molecular weight is 278 g/mol. The fraction of sp³-hybridized carbons (Fsp3) is 0.